The van der Waals surface area contributed by atoms with Gasteiger partial charge in [-0.15, -0.1) is 11.8 Å². The van der Waals surface area contributed by atoms with Crippen molar-refractivity contribution in [1.82, 2.24) is 10.5 Å². The number of carbonyl (C=O) groups is 2. The molecular weight excluding hydrogens is 304 g/mol. The molecule has 0 unspecified atom stereocenters. The number of amides is 1. The van der Waals surface area contributed by atoms with Gasteiger partial charge in [-0.25, -0.2) is 0 Å². The second-order valence-electron chi connectivity index (χ2n) is 5.75. The van der Waals surface area contributed by atoms with Gasteiger partial charge in [0.1, 0.15) is 5.76 Å². The second kappa shape index (κ2) is 7.67. The van der Waals surface area contributed by atoms with Crippen LogP contribution < -0.4 is 5.32 Å². The van der Waals surface area contributed by atoms with Gasteiger partial charge in [0, 0.05) is 17.4 Å². The molecule has 0 aliphatic heterocycles. The highest BCUT2D eigenvalue weighted by molar-refractivity contribution is 7.99. The van der Waals surface area contributed by atoms with Crippen LogP contribution in [0.25, 0.3) is 0 Å². The third kappa shape index (κ3) is 4.50. The third-order valence-electron chi connectivity index (χ3n) is 4.10. The monoisotopic (exact) mass is 326 g/mol. The molecule has 6 nitrogen and oxygen atoms in total. The van der Waals surface area contributed by atoms with Crippen LogP contribution in [0.2, 0.25) is 0 Å². The van der Waals surface area contributed by atoms with Crippen molar-refractivity contribution in [2.75, 3.05) is 5.75 Å². The highest BCUT2D eigenvalue weighted by atomic mass is 32.2. The summed E-state index contributed by atoms with van der Waals surface area (Å²) in [6.45, 7) is 3.77. The zero-order chi connectivity index (χ0) is 16.1. The lowest BCUT2D eigenvalue weighted by molar-refractivity contribution is -0.142. The number of carboxylic acids is 1. The van der Waals surface area contributed by atoms with Crippen LogP contribution in [0.3, 0.4) is 0 Å². The van der Waals surface area contributed by atoms with E-state index in [-0.39, 0.29) is 17.9 Å². The van der Waals surface area contributed by atoms with Crippen LogP contribution >= 0.6 is 11.8 Å². The number of carbonyl (C=O) groups excluding carboxylic acids is 1. The summed E-state index contributed by atoms with van der Waals surface area (Å²) < 4.78 is 5.09. The molecule has 1 aromatic heterocycles. The summed E-state index contributed by atoms with van der Waals surface area (Å²) >= 11 is 1.54. The average Bonchev–Trinajstić information content (AvgIpc) is 2.79. The molecule has 1 aliphatic rings. The number of carboxylic acid groups (broad SMARTS) is 1. The zero-order valence-electron chi connectivity index (χ0n) is 12.9. The molecule has 1 fully saturated rings. The van der Waals surface area contributed by atoms with Gasteiger partial charge in [-0.2, -0.15) is 0 Å². The molecule has 1 saturated carbocycles. The number of aromatic nitrogens is 1. The van der Waals surface area contributed by atoms with Crippen molar-refractivity contribution in [3.05, 3.63) is 17.0 Å². The Morgan fingerprint density at radius 1 is 1.32 bits per heavy atom. The summed E-state index contributed by atoms with van der Waals surface area (Å²) in [7, 11) is 0. The van der Waals surface area contributed by atoms with Crippen LogP contribution in [-0.2, 0) is 15.3 Å². The number of thioether (sulfide) groups is 1. The Hall–Kier alpha value is -1.50. The molecule has 1 heterocycles. The minimum Gasteiger partial charge on any atom is -0.481 e. The maximum absolute atomic E-state index is 11.9. The van der Waals surface area contributed by atoms with Crippen molar-refractivity contribution < 1.29 is 19.2 Å². The number of rotatable bonds is 6. The molecule has 22 heavy (non-hydrogen) atoms. The van der Waals surface area contributed by atoms with Crippen LogP contribution in [-0.4, -0.2) is 33.9 Å². The molecule has 0 aromatic carbocycles. The lowest BCUT2D eigenvalue weighted by Gasteiger charge is -2.26. The first-order valence-corrected chi connectivity index (χ1v) is 8.64. The highest BCUT2D eigenvalue weighted by Gasteiger charge is 2.26. The molecule has 0 spiro atoms. The first-order valence-electron chi connectivity index (χ1n) is 7.49. The molecular formula is C15H22N2O4S. The fraction of sp³-hybridized carbons (Fsp3) is 0.667. The van der Waals surface area contributed by atoms with Crippen molar-refractivity contribution in [2.45, 2.75) is 51.3 Å². The van der Waals surface area contributed by atoms with E-state index < -0.39 is 5.97 Å². The standard InChI is InChI=1S/C15H22N2O4S/c1-9-13(10(2)21-17-9)7-22-8-14(18)16-12-5-3-11(4-6-12)15(19)20/h11-12H,3-8H2,1-2H3,(H,16,18)(H,19,20). The van der Waals surface area contributed by atoms with Crippen molar-refractivity contribution in [3.63, 3.8) is 0 Å². The number of aliphatic carboxylic acids is 1. The Kier molecular flexibility index (Phi) is 5.88. The number of nitrogens with zero attached hydrogens (tertiary/aromatic N) is 1. The van der Waals surface area contributed by atoms with E-state index in [4.69, 9.17) is 9.63 Å². The molecule has 1 aromatic rings. The van der Waals surface area contributed by atoms with Crippen LogP contribution in [0, 0.1) is 19.8 Å². The van der Waals surface area contributed by atoms with E-state index in [9.17, 15) is 9.59 Å². The minimum absolute atomic E-state index is 0.00975. The van der Waals surface area contributed by atoms with Gasteiger partial charge >= 0.3 is 5.97 Å². The van der Waals surface area contributed by atoms with Crippen LogP contribution in [0.15, 0.2) is 4.52 Å². The van der Waals surface area contributed by atoms with Crippen molar-refractivity contribution in [3.8, 4) is 0 Å². The van der Waals surface area contributed by atoms with Gasteiger partial charge in [0.05, 0.1) is 17.4 Å². The molecule has 1 amide bonds. The van der Waals surface area contributed by atoms with Gasteiger partial charge in [-0.1, -0.05) is 5.16 Å². The molecule has 0 atom stereocenters. The van der Waals surface area contributed by atoms with Crippen LogP contribution in [0.5, 0.6) is 0 Å². The molecule has 0 radical (unpaired) electrons. The first-order chi connectivity index (χ1) is 10.5. The summed E-state index contributed by atoms with van der Waals surface area (Å²) in [5, 5.41) is 15.8. The molecule has 7 heteroatoms. The van der Waals surface area contributed by atoms with Gasteiger partial charge < -0.3 is 14.9 Å². The largest absolute Gasteiger partial charge is 0.481 e. The molecule has 0 saturated heterocycles. The summed E-state index contributed by atoms with van der Waals surface area (Å²) in [6, 6.07) is 0.114. The zero-order valence-corrected chi connectivity index (χ0v) is 13.7. The van der Waals surface area contributed by atoms with Crippen LogP contribution in [0.4, 0.5) is 0 Å². The Labute approximate surface area is 134 Å². The quantitative estimate of drug-likeness (QED) is 0.833. The first kappa shape index (κ1) is 16.9. The number of aryl methyl sites for hydroxylation is 2. The lowest BCUT2D eigenvalue weighted by atomic mass is 9.86. The normalized spacial score (nSPS) is 21.5. The molecule has 1 aliphatic carbocycles. The fourth-order valence-corrected chi connectivity index (χ4v) is 3.69. The minimum atomic E-state index is -0.722. The van der Waals surface area contributed by atoms with Gasteiger partial charge in [-0.05, 0) is 39.5 Å². The SMILES string of the molecule is Cc1noc(C)c1CSCC(=O)NC1CCC(C(=O)O)CC1. The summed E-state index contributed by atoms with van der Waals surface area (Å²) in [5.41, 5.74) is 1.93. The Morgan fingerprint density at radius 3 is 2.55 bits per heavy atom. The number of hydrogen-bond donors (Lipinski definition) is 2. The molecule has 0 bridgehead atoms. The van der Waals surface area contributed by atoms with Crippen molar-refractivity contribution in [2.24, 2.45) is 5.92 Å². The Morgan fingerprint density at radius 2 is 2.00 bits per heavy atom. The van der Waals surface area contributed by atoms with Crippen LogP contribution in [0.1, 0.15) is 42.7 Å². The topological polar surface area (TPSA) is 92.4 Å². The van der Waals surface area contributed by atoms with E-state index in [0.717, 1.165) is 29.9 Å². The lowest BCUT2D eigenvalue weighted by Crippen LogP contribution is -2.39. The van der Waals surface area contributed by atoms with E-state index in [1.807, 2.05) is 13.8 Å². The maximum Gasteiger partial charge on any atom is 0.306 e. The second-order valence-corrected chi connectivity index (χ2v) is 6.74. The third-order valence-corrected chi connectivity index (χ3v) is 5.06. The van der Waals surface area contributed by atoms with Crippen molar-refractivity contribution in [1.29, 1.82) is 0 Å². The number of hydrogen-bond acceptors (Lipinski definition) is 5. The van der Waals surface area contributed by atoms with E-state index in [2.05, 4.69) is 10.5 Å². The van der Waals surface area contributed by atoms with Gasteiger partial charge in [-0.3, -0.25) is 9.59 Å². The smallest absolute Gasteiger partial charge is 0.306 e. The van der Waals surface area contributed by atoms with E-state index in [1.54, 1.807) is 0 Å². The maximum atomic E-state index is 11.9. The Bertz CT molecular complexity index is 516. The van der Waals surface area contributed by atoms with E-state index in [1.165, 1.54) is 11.8 Å². The Balaban J connectivity index is 1.67. The summed E-state index contributed by atoms with van der Waals surface area (Å²) in [6.07, 6.45) is 2.79. The molecule has 2 N–H and O–H groups in total. The molecule has 122 valence electrons. The van der Waals surface area contributed by atoms with E-state index >= 15 is 0 Å². The van der Waals surface area contributed by atoms with Gasteiger partial charge in [0.15, 0.2) is 0 Å². The van der Waals surface area contributed by atoms with E-state index in [0.29, 0.717) is 24.3 Å². The summed E-state index contributed by atoms with van der Waals surface area (Å²) in [5.74, 6) is 0.943. The average molecular weight is 326 g/mol. The number of nitrogens with one attached hydrogen (secondary N) is 1. The van der Waals surface area contributed by atoms with Gasteiger partial charge in [0.25, 0.3) is 0 Å². The molecule has 2 rings (SSSR count). The highest BCUT2D eigenvalue weighted by Crippen LogP contribution is 2.24. The van der Waals surface area contributed by atoms with Gasteiger partial charge in [0.2, 0.25) is 5.91 Å². The summed E-state index contributed by atoms with van der Waals surface area (Å²) in [4.78, 5) is 22.8. The predicted molar refractivity (Wildman–Crippen MR) is 83.7 cm³/mol. The predicted octanol–water partition coefficient (Wildman–Crippen LogP) is 2.28. The fourth-order valence-electron chi connectivity index (χ4n) is 2.71. The van der Waals surface area contributed by atoms with Crippen molar-refractivity contribution >= 4 is 23.6 Å².